The van der Waals surface area contributed by atoms with Gasteiger partial charge in [-0.25, -0.2) is 4.52 Å². The molecule has 2 aromatic heterocycles. The van der Waals surface area contributed by atoms with Gasteiger partial charge in [0.15, 0.2) is 22.9 Å². The number of aromatic nitrogens is 3. The normalized spacial score (nSPS) is 11.3. The molecule has 0 spiro atoms. The number of carbonyl (C=O) groups is 1. The molecule has 30 heavy (non-hydrogen) atoms. The highest BCUT2D eigenvalue weighted by Crippen LogP contribution is 2.32. The number of methoxy groups -OCH3 is 1. The maximum Gasteiger partial charge on any atom is 0.262 e. The van der Waals surface area contributed by atoms with Crippen LogP contribution in [-0.4, -0.2) is 27.5 Å². The van der Waals surface area contributed by atoms with Gasteiger partial charge in [0.1, 0.15) is 11.3 Å². The number of hydrogen-bond acceptors (Lipinski definition) is 7. The molecule has 0 amide bonds. The van der Waals surface area contributed by atoms with Gasteiger partial charge in [-0.2, -0.15) is 5.11 Å². The lowest BCUT2D eigenvalue weighted by atomic mass is 10.0. The number of nitrogen functional groups attached to an aromatic ring is 1. The Hall–Kier alpha value is -4.27. The van der Waals surface area contributed by atoms with Crippen LogP contribution < -0.4 is 16.0 Å². The number of nitrogens with one attached hydrogen (secondary N) is 1. The molecule has 4 aromatic rings. The van der Waals surface area contributed by atoms with Crippen LogP contribution in [0.4, 0.5) is 17.2 Å². The summed E-state index contributed by atoms with van der Waals surface area (Å²) in [7, 11) is 1.56. The average Bonchev–Trinajstić information content (AvgIpc) is 3.06. The Morgan fingerprint density at radius 1 is 1.10 bits per heavy atom. The summed E-state index contributed by atoms with van der Waals surface area (Å²) < 4.78 is 6.60. The molecule has 0 fully saturated rings. The number of ether oxygens (including phenoxy) is 1. The van der Waals surface area contributed by atoms with Gasteiger partial charge in [-0.15, -0.1) is 10.2 Å². The number of rotatable bonds is 5. The number of nitrogens with two attached hydrogens (primary N) is 1. The minimum atomic E-state index is -0.558. The van der Waals surface area contributed by atoms with Gasteiger partial charge >= 0.3 is 0 Å². The fourth-order valence-corrected chi connectivity index (χ4v) is 3.13. The first-order valence-corrected chi connectivity index (χ1v) is 9.06. The summed E-state index contributed by atoms with van der Waals surface area (Å²) in [5, 5.41) is 12.7. The van der Waals surface area contributed by atoms with Crippen LogP contribution in [0.25, 0.3) is 16.9 Å². The van der Waals surface area contributed by atoms with Gasteiger partial charge in [0, 0.05) is 5.56 Å². The van der Waals surface area contributed by atoms with E-state index in [1.165, 1.54) is 11.4 Å². The predicted molar refractivity (Wildman–Crippen MR) is 113 cm³/mol. The van der Waals surface area contributed by atoms with E-state index in [1.807, 2.05) is 18.2 Å². The van der Waals surface area contributed by atoms with Crippen LogP contribution in [0, 0.1) is 0 Å². The third kappa shape index (κ3) is 3.32. The SMILES string of the molecule is COc1ccc(-c2c(C(C)=O)c(=O)[nH]c3c(N=Nc4ccccc4)c(N)nn23)cc1. The molecule has 0 bridgehead atoms. The molecule has 0 saturated heterocycles. The van der Waals surface area contributed by atoms with Crippen LogP contribution in [0.5, 0.6) is 5.75 Å². The van der Waals surface area contributed by atoms with Crippen molar-refractivity contribution in [3.63, 3.8) is 0 Å². The Balaban J connectivity index is 1.97. The summed E-state index contributed by atoms with van der Waals surface area (Å²) in [6.07, 6.45) is 0. The number of carbonyl (C=O) groups excluding carboxylic acids is 1. The Kier molecular flexibility index (Phi) is 4.85. The summed E-state index contributed by atoms with van der Waals surface area (Å²) in [6, 6.07) is 16.0. The van der Waals surface area contributed by atoms with Crippen LogP contribution in [0.1, 0.15) is 17.3 Å². The monoisotopic (exact) mass is 402 g/mol. The number of hydrogen-bond donors (Lipinski definition) is 2. The van der Waals surface area contributed by atoms with E-state index in [0.717, 1.165) is 0 Å². The lowest BCUT2D eigenvalue weighted by Crippen LogP contribution is -2.21. The van der Waals surface area contributed by atoms with E-state index in [4.69, 9.17) is 10.5 Å². The first-order valence-electron chi connectivity index (χ1n) is 9.06. The van der Waals surface area contributed by atoms with Gasteiger partial charge in [0.2, 0.25) is 0 Å². The van der Waals surface area contributed by atoms with Crippen LogP contribution in [0.2, 0.25) is 0 Å². The Morgan fingerprint density at radius 2 is 1.80 bits per heavy atom. The number of fused-ring (bicyclic) bond motifs is 1. The quantitative estimate of drug-likeness (QED) is 0.387. The third-order valence-corrected chi connectivity index (χ3v) is 4.53. The van der Waals surface area contributed by atoms with E-state index in [1.54, 1.807) is 43.5 Å². The van der Waals surface area contributed by atoms with Crippen molar-refractivity contribution >= 4 is 28.6 Å². The topological polar surface area (TPSA) is 127 Å². The minimum Gasteiger partial charge on any atom is -0.497 e. The van der Waals surface area contributed by atoms with Crippen molar-refractivity contribution in [2.75, 3.05) is 12.8 Å². The van der Waals surface area contributed by atoms with Gasteiger partial charge < -0.3 is 15.5 Å². The van der Waals surface area contributed by atoms with Crippen molar-refractivity contribution < 1.29 is 9.53 Å². The van der Waals surface area contributed by atoms with Crippen LogP contribution in [0.3, 0.4) is 0 Å². The third-order valence-electron chi connectivity index (χ3n) is 4.53. The second-order valence-electron chi connectivity index (χ2n) is 6.49. The van der Waals surface area contributed by atoms with E-state index < -0.39 is 11.3 Å². The first kappa shape index (κ1) is 19.1. The summed E-state index contributed by atoms with van der Waals surface area (Å²) in [6.45, 7) is 1.33. The second-order valence-corrected chi connectivity index (χ2v) is 6.49. The maximum atomic E-state index is 12.8. The molecule has 4 rings (SSSR count). The molecule has 150 valence electrons. The molecule has 0 aliphatic carbocycles. The molecule has 0 aliphatic heterocycles. The summed E-state index contributed by atoms with van der Waals surface area (Å²) >= 11 is 0. The predicted octanol–water partition coefficient (Wildman–Crippen LogP) is 3.90. The average molecular weight is 402 g/mol. The Labute approximate surface area is 170 Å². The first-order chi connectivity index (χ1) is 14.5. The van der Waals surface area contributed by atoms with Crippen LogP contribution in [-0.2, 0) is 0 Å². The minimum absolute atomic E-state index is 0.0262. The van der Waals surface area contributed by atoms with E-state index in [2.05, 4.69) is 20.3 Å². The fourth-order valence-electron chi connectivity index (χ4n) is 3.13. The molecule has 9 heteroatoms. The molecule has 2 heterocycles. The van der Waals surface area contributed by atoms with Gasteiger partial charge in [-0.1, -0.05) is 18.2 Å². The summed E-state index contributed by atoms with van der Waals surface area (Å²) in [4.78, 5) is 27.7. The zero-order chi connectivity index (χ0) is 21.3. The van der Waals surface area contributed by atoms with E-state index in [9.17, 15) is 9.59 Å². The molecule has 0 saturated carbocycles. The van der Waals surface area contributed by atoms with Crippen molar-refractivity contribution in [3.05, 3.63) is 70.5 Å². The fraction of sp³-hybridized carbons (Fsp3) is 0.0952. The molecule has 2 aromatic carbocycles. The lowest BCUT2D eigenvalue weighted by molar-refractivity contribution is 0.101. The standard InChI is InChI=1S/C21H18N6O3/c1-12(28)16-18(13-8-10-15(30-2)11-9-13)27-20(23-21(16)29)17(19(22)26-27)25-24-14-6-4-3-5-7-14/h3-11H,1-2H3,(H2,22,26)(H,23,29). The smallest absolute Gasteiger partial charge is 0.262 e. The van der Waals surface area contributed by atoms with Crippen molar-refractivity contribution in [3.8, 4) is 17.0 Å². The van der Waals surface area contributed by atoms with Gasteiger partial charge in [0.05, 0.1) is 18.5 Å². The number of benzene rings is 2. The van der Waals surface area contributed by atoms with Gasteiger partial charge in [-0.05, 0) is 43.3 Å². The number of Topliss-reactive ketones (excluding diaryl/α,β-unsaturated/α-hetero) is 1. The molecular weight excluding hydrogens is 384 g/mol. The molecule has 9 nitrogen and oxygen atoms in total. The molecule has 0 unspecified atom stereocenters. The largest absolute Gasteiger partial charge is 0.497 e. The molecule has 3 N–H and O–H groups in total. The molecule has 0 atom stereocenters. The molecule has 0 radical (unpaired) electrons. The van der Waals surface area contributed by atoms with E-state index in [0.29, 0.717) is 22.7 Å². The number of azo groups is 1. The number of anilines is 1. The van der Waals surface area contributed by atoms with E-state index >= 15 is 0 Å². The Bertz CT molecular complexity index is 1320. The number of aromatic amines is 1. The molecular formula is C21H18N6O3. The lowest BCUT2D eigenvalue weighted by Gasteiger charge is -2.10. The summed E-state index contributed by atoms with van der Waals surface area (Å²) in [5.74, 6) is 0.313. The van der Waals surface area contributed by atoms with Crippen molar-refractivity contribution in [2.24, 2.45) is 10.2 Å². The van der Waals surface area contributed by atoms with Crippen molar-refractivity contribution in [1.29, 1.82) is 0 Å². The zero-order valence-corrected chi connectivity index (χ0v) is 16.3. The maximum absolute atomic E-state index is 12.8. The zero-order valence-electron chi connectivity index (χ0n) is 16.3. The second kappa shape index (κ2) is 7.63. The van der Waals surface area contributed by atoms with Crippen LogP contribution >= 0.6 is 0 Å². The highest BCUT2D eigenvalue weighted by Gasteiger charge is 2.22. The highest BCUT2D eigenvalue weighted by molar-refractivity contribution is 6.00. The van der Waals surface area contributed by atoms with Crippen molar-refractivity contribution in [1.82, 2.24) is 14.6 Å². The summed E-state index contributed by atoms with van der Waals surface area (Å²) in [5.41, 5.74) is 7.48. The van der Waals surface area contributed by atoms with Gasteiger partial charge in [-0.3, -0.25) is 9.59 Å². The van der Waals surface area contributed by atoms with E-state index in [-0.39, 0.29) is 22.7 Å². The number of ketones is 1. The molecule has 0 aliphatic rings. The van der Waals surface area contributed by atoms with Gasteiger partial charge in [0.25, 0.3) is 5.56 Å². The van der Waals surface area contributed by atoms with Crippen LogP contribution in [0.15, 0.2) is 69.6 Å². The number of nitrogens with zero attached hydrogens (tertiary/aromatic N) is 4. The number of H-pyrrole nitrogens is 1. The highest BCUT2D eigenvalue weighted by atomic mass is 16.5. The van der Waals surface area contributed by atoms with Crippen molar-refractivity contribution in [2.45, 2.75) is 6.92 Å². The Morgan fingerprint density at radius 3 is 2.43 bits per heavy atom.